The summed E-state index contributed by atoms with van der Waals surface area (Å²) in [5.41, 5.74) is 2.38. The van der Waals surface area contributed by atoms with Crippen molar-refractivity contribution in [3.8, 4) is 28.0 Å². The SMILES string of the molecule is CCCCCCCOc1ccc(-c2ccc(-c3ccc(COC4COC(CCCCC)OC4)cc3F)cc2)c(F)c1F. The molecule has 0 N–H and O–H groups in total. The molecule has 0 aliphatic carbocycles. The zero-order chi connectivity index (χ0) is 29.7. The molecule has 0 radical (unpaired) electrons. The van der Waals surface area contributed by atoms with Crippen molar-refractivity contribution in [2.45, 2.75) is 90.6 Å². The molecule has 42 heavy (non-hydrogen) atoms. The lowest BCUT2D eigenvalue weighted by Crippen LogP contribution is -2.37. The highest BCUT2D eigenvalue weighted by atomic mass is 19.2. The second kappa shape index (κ2) is 16.7. The summed E-state index contributed by atoms with van der Waals surface area (Å²) in [7, 11) is 0. The molecule has 1 aliphatic rings. The summed E-state index contributed by atoms with van der Waals surface area (Å²) in [6, 6.07) is 14.7. The van der Waals surface area contributed by atoms with Gasteiger partial charge >= 0.3 is 0 Å². The third-order valence-corrected chi connectivity index (χ3v) is 7.56. The van der Waals surface area contributed by atoms with E-state index in [1.54, 1.807) is 30.3 Å². The van der Waals surface area contributed by atoms with Gasteiger partial charge in [-0.15, -0.1) is 0 Å². The Morgan fingerprint density at radius 2 is 1.36 bits per heavy atom. The van der Waals surface area contributed by atoms with Gasteiger partial charge in [0.2, 0.25) is 5.82 Å². The average molecular weight is 585 g/mol. The monoisotopic (exact) mass is 584 g/mol. The van der Waals surface area contributed by atoms with Crippen LogP contribution in [0.5, 0.6) is 5.75 Å². The first-order chi connectivity index (χ1) is 20.5. The van der Waals surface area contributed by atoms with Gasteiger partial charge in [0.25, 0.3) is 0 Å². The number of hydrogen-bond donors (Lipinski definition) is 0. The van der Waals surface area contributed by atoms with Gasteiger partial charge in [0.1, 0.15) is 11.9 Å². The lowest BCUT2D eigenvalue weighted by Gasteiger charge is -2.29. The topological polar surface area (TPSA) is 36.9 Å². The van der Waals surface area contributed by atoms with E-state index in [9.17, 15) is 8.78 Å². The molecule has 0 amide bonds. The van der Waals surface area contributed by atoms with Crippen LogP contribution in [0.2, 0.25) is 0 Å². The quantitative estimate of drug-likeness (QED) is 0.157. The summed E-state index contributed by atoms with van der Waals surface area (Å²) in [6.07, 6.45) is 9.16. The molecule has 228 valence electrons. The van der Waals surface area contributed by atoms with Gasteiger partial charge in [0.15, 0.2) is 17.9 Å². The molecular weight excluding hydrogens is 541 g/mol. The maximum Gasteiger partial charge on any atom is 0.201 e. The maximum atomic E-state index is 15.0. The molecule has 0 aromatic heterocycles. The van der Waals surface area contributed by atoms with Gasteiger partial charge in [-0.3, -0.25) is 0 Å². The number of unbranched alkanes of at least 4 members (excludes halogenated alkanes) is 6. The maximum absolute atomic E-state index is 15.0. The van der Waals surface area contributed by atoms with E-state index in [0.717, 1.165) is 57.8 Å². The minimum Gasteiger partial charge on any atom is -0.490 e. The van der Waals surface area contributed by atoms with E-state index in [-0.39, 0.29) is 36.1 Å². The molecule has 4 nitrogen and oxygen atoms in total. The Kier molecular flexibility index (Phi) is 12.7. The summed E-state index contributed by atoms with van der Waals surface area (Å²) >= 11 is 0. The van der Waals surface area contributed by atoms with E-state index in [4.69, 9.17) is 18.9 Å². The summed E-state index contributed by atoms with van der Waals surface area (Å²) in [6.45, 7) is 5.83. The van der Waals surface area contributed by atoms with Crippen molar-refractivity contribution >= 4 is 0 Å². The number of halogens is 3. The second-order valence-electron chi connectivity index (χ2n) is 10.9. The zero-order valence-electron chi connectivity index (χ0n) is 24.8. The smallest absolute Gasteiger partial charge is 0.201 e. The van der Waals surface area contributed by atoms with E-state index < -0.39 is 11.6 Å². The molecular formula is C35H43F3O4. The molecule has 1 aliphatic heterocycles. The van der Waals surface area contributed by atoms with E-state index in [1.165, 1.54) is 18.2 Å². The minimum absolute atomic E-state index is 0.0790. The molecule has 0 spiro atoms. The first kappa shape index (κ1) is 32.1. The summed E-state index contributed by atoms with van der Waals surface area (Å²) in [5.74, 6) is -2.41. The van der Waals surface area contributed by atoms with Gasteiger partial charge in [-0.05, 0) is 54.2 Å². The van der Waals surface area contributed by atoms with Crippen molar-refractivity contribution in [3.05, 3.63) is 77.6 Å². The van der Waals surface area contributed by atoms with Gasteiger partial charge in [-0.1, -0.05) is 88.8 Å². The summed E-state index contributed by atoms with van der Waals surface area (Å²) < 4.78 is 67.5. The van der Waals surface area contributed by atoms with Crippen LogP contribution in [0.1, 0.15) is 77.2 Å². The Bertz CT molecular complexity index is 1240. The predicted molar refractivity (Wildman–Crippen MR) is 160 cm³/mol. The van der Waals surface area contributed by atoms with E-state index in [1.807, 2.05) is 6.07 Å². The fraction of sp³-hybridized carbons (Fsp3) is 0.486. The van der Waals surface area contributed by atoms with Crippen LogP contribution in [0.3, 0.4) is 0 Å². The number of hydrogen-bond acceptors (Lipinski definition) is 4. The third-order valence-electron chi connectivity index (χ3n) is 7.56. The standard InChI is InChI=1S/C35H43F3O4/c1-3-5-7-8-10-20-39-32-19-18-30(34(37)35(32)38)27-15-13-26(14-16-27)29-17-12-25(21-31(29)36)22-40-28-23-41-33(42-24-28)11-9-6-4-2/h12-19,21,28,33H,3-11,20,22-24H2,1-2H3. The van der Waals surface area contributed by atoms with Crippen molar-refractivity contribution in [3.63, 3.8) is 0 Å². The highest BCUT2D eigenvalue weighted by molar-refractivity contribution is 5.71. The van der Waals surface area contributed by atoms with Gasteiger partial charge < -0.3 is 18.9 Å². The lowest BCUT2D eigenvalue weighted by molar-refractivity contribution is -0.230. The molecule has 1 fully saturated rings. The first-order valence-electron chi connectivity index (χ1n) is 15.3. The van der Waals surface area contributed by atoms with Gasteiger partial charge in [0.05, 0.1) is 26.4 Å². The largest absolute Gasteiger partial charge is 0.490 e. The fourth-order valence-corrected chi connectivity index (χ4v) is 5.03. The second-order valence-corrected chi connectivity index (χ2v) is 10.9. The number of ether oxygens (including phenoxy) is 4. The van der Waals surface area contributed by atoms with Gasteiger partial charge in [-0.25, -0.2) is 8.78 Å². The van der Waals surface area contributed by atoms with Crippen LogP contribution in [0.4, 0.5) is 13.2 Å². The van der Waals surface area contributed by atoms with Crippen molar-refractivity contribution < 1.29 is 32.1 Å². The molecule has 0 bridgehead atoms. The molecule has 1 saturated heterocycles. The Labute approximate surface area is 248 Å². The summed E-state index contributed by atoms with van der Waals surface area (Å²) in [5, 5.41) is 0. The van der Waals surface area contributed by atoms with Gasteiger partial charge in [-0.2, -0.15) is 4.39 Å². The Hall–Kier alpha value is -2.87. The van der Waals surface area contributed by atoms with Crippen molar-refractivity contribution in [1.82, 2.24) is 0 Å². The minimum atomic E-state index is -0.993. The Balaban J connectivity index is 1.30. The third kappa shape index (κ3) is 9.06. The molecule has 3 aromatic carbocycles. The van der Waals surface area contributed by atoms with E-state index in [2.05, 4.69) is 13.8 Å². The first-order valence-corrected chi connectivity index (χ1v) is 15.3. The van der Waals surface area contributed by atoms with E-state index >= 15 is 4.39 Å². The van der Waals surface area contributed by atoms with Crippen molar-refractivity contribution in [2.24, 2.45) is 0 Å². The van der Waals surface area contributed by atoms with Crippen LogP contribution in [0, 0.1) is 17.5 Å². The molecule has 7 heteroatoms. The van der Waals surface area contributed by atoms with Crippen molar-refractivity contribution in [1.29, 1.82) is 0 Å². The molecule has 1 heterocycles. The van der Waals surface area contributed by atoms with Crippen LogP contribution in [-0.2, 0) is 20.8 Å². The van der Waals surface area contributed by atoms with Crippen LogP contribution in [0.25, 0.3) is 22.3 Å². The Morgan fingerprint density at radius 3 is 2.05 bits per heavy atom. The molecule has 0 saturated carbocycles. The highest BCUT2D eigenvalue weighted by Gasteiger charge is 2.22. The number of benzene rings is 3. The lowest BCUT2D eigenvalue weighted by atomic mass is 9.98. The van der Waals surface area contributed by atoms with Gasteiger partial charge in [0, 0.05) is 11.1 Å². The normalized spacial score (nSPS) is 17.0. The molecule has 4 rings (SSSR count). The van der Waals surface area contributed by atoms with Crippen LogP contribution in [0.15, 0.2) is 54.6 Å². The molecule has 0 unspecified atom stereocenters. The molecule has 3 aromatic rings. The number of rotatable bonds is 16. The predicted octanol–water partition coefficient (Wildman–Crippen LogP) is 9.63. The van der Waals surface area contributed by atoms with Crippen molar-refractivity contribution in [2.75, 3.05) is 19.8 Å². The zero-order valence-corrected chi connectivity index (χ0v) is 24.8. The summed E-state index contributed by atoms with van der Waals surface area (Å²) in [4.78, 5) is 0. The highest BCUT2D eigenvalue weighted by Crippen LogP contribution is 2.32. The molecule has 0 atom stereocenters. The fourth-order valence-electron chi connectivity index (χ4n) is 5.03. The van der Waals surface area contributed by atoms with Crippen LogP contribution >= 0.6 is 0 Å². The van der Waals surface area contributed by atoms with E-state index in [0.29, 0.717) is 42.1 Å². The Morgan fingerprint density at radius 1 is 0.714 bits per heavy atom. The average Bonchev–Trinajstić information content (AvgIpc) is 3.01. The van der Waals surface area contributed by atoms with Crippen LogP contribution < -0.4 is 4.74 Å². The van der Waals surface area contributed by atoms with Crippen LogP contribution in [-0.4, -0.2) is 32.2 Å².